The Morgan fingerprint density at radius 2 is 1.80 bits per heavy atom. The van der Waals surface area contributed by atoms with E-state index in [4.69, 9.17) is 0 Å². The van der Waals surface area contributed by atoms with Crippen LogP contribution in [0.15, 0.2) is 0 Å². The Labute approximate surface area is 65.0 Å². The Bertz CT molecular complexity index is 104. The van der Waals surface area contributed by atoms with E-state index in [0.29, 0.717) is 5.41 Å². The highest BCUT2D eigenvalue weighted by atomic mass is 14.3. The third-order valence-corrected chi connectivity index (χ3v) is 2.86. The van der Waals surface area contributed by atoms with Crippen molar-refractivity contribution in [3.8, 4) is 0 Å². The first-order valence-corrected chi connectivity index (χ1v) is 4.50. The average Bonchev–Trinajstić information content (AvgIpc) is 2.47. The molecule has 0 spiro atoms. The van der Waals surface area contributed by atoms with Gasteiger partial charge in [0.2, 0.25) is 0 Å². The zero-order valence-corrected chi connectivity index (χ0v) is 7.78. The average molecular weight is 140 g/mol. The van der Waals surface area contributed by atoms with E-state index in [9.17, 15) is 0 Å². The van der Waals surface area contributed by atoms with Crippen LogP contribution in [0.3, 0.4) is 0 Å². The lowest BCUT2D eigenvalue weighted by Crippen LogP contribution is -2.17. The maximum absolute atomic E-state index is 2.39. The summed E-state index contributed by atoms with van der Waals surface area (Å²) in [6.07, 6.45) is 4.46. The quantitative estimate of drug-likeness (QED) is 0.551. The molecule has 1 atom stereocenters. The van der Waals surface area contributed by atoms with Gasteiger partial charge < -0.3 is 0 Å². The molecule has 1 aliphatic rings. The summed E-state index contributed by atoms with van der Waals surface area (Å²) in [5.41, 5.74) is 0.530. The van der Waals surface area contributed by atoms with Crippen molar-refractivity contribution in [2.24, 2.45) is 17.3 Å². The topological polar surface area (TPSA) is 0 Å². The molecule has 1 aliphatic carbocycles. The van der Waals surface area contributed by atoms with E-state index in [0.717, 1.165) is 11.8 Å². The summed E-state index contributed by atoms with van der Waals surface area (Å²) in [5.74, 6) is 1.99. The molecule has 0 bridgehead atoms. The van der Waals surface area contributed by atoms with Crippen molar-refractivity contribution in [3.05, 3.63) is 0 Å². The predicted molar refractivity (Wildman–Crippen MR) is 46.0 cm³/mol. The Morgan fingerprint density at radius 1 is 1.30 bits per heavy atom. The first-order valence-electron chi connectivity index (χ1n) is 4.50. The van der Waals surface area contributed by atoms with Crippen LogP contribution in [0.5, 0.6) is 0 Å². The molecule has 0 unspecified atom stereocenters. The van der Waals surface area contributed by atoms with Crippen molar-refractivity contribution >= 4 is 0 Å². The molecule has 0 heterocycles. The minimum Gasteiger partial charge on any atom is -0.0620 e. The number of hydrogen-bond acceptors (Lipinski definition) is 0. The maximum atomic E-state index is 2.39. The molecule has 0 N–H and O–H groups in total. The molecule has 1 rings (SSSR count). The van der Waals surface area contributed by atoms with Gasteiger partial charge >= 0.3 is 0 Å². The van der Waals surface area contributed by atoms with Crippen molar-refractivity contribution in [2.75, 3.05) is 0 Å². The molecule has 10 heavy (non-hydrogen) atoms. The maximum Gasteiger partial charge on any atom is -0.0357 e. The zero-order valence-electron chi connectivity index (χ0n) is 7.78. The van der Waals surface area contributed by atoms with E-state index >= 15 is 0 Å². The molecular formula is C10H20. The summed E-state index contributed by atoms with van der Waals surface area (Å²) >= 11 is 0. The second kappa shape index (κ2) is 2.56. The van der Waals surface area contributed by atoms with Gasteiger partial charge in [0.1, 0.15) is 0 Å². The third kappa shape index (κ3) is 2.32. The first-order chi connectivity index (χ1) is 4.50. The molecule has 0 heteroatoms. The van der Waals surface area contributed by atoms with Crippen LogP contribution in [-0.2, 0) is 0 Å². The Morgan fingerprint density at radius 3 is 2.10 bits per heavy atom. The van der Waals surface area contributed by atoms with Gasteiger partial charge in [-0.3, -0.25) is 0 Å². The molecule has 0 nitrogen and oxygen atoms in total. The molecule has 0 aromatic heterocycles. The van der Waals surface area contributed by atoms with Crippen LogP contribution in [0.4, 0.5) is 0 Å². The zero-order chi connectivity index (χ0) is 7.78. The fourth-order valence-electron chi connectivity index (χ4n) is 1.21. The van der Waals surface area contributed by atoms with E-state index in [1.54, 1.807) is 0 Å². The highest BCUT2D eigenvalue weighted by Gasteiger charge is 2.28. The van der Waals surface area contributed by atoms with Crippen LogP contribution in [0, 0.1) is 17.3 Å². The summed E-state index contributed by atoms with van der Waals surface area (Å²) < 4.78 is 0. The monoisotopic (exact) mass is 140 g/mol. The molecule has 1 fully saturated rings. The van der Waals surface area contributed by atoms with Gasteiger partial charge in [0.15, 0.2) is 0 Å². The summed E-state index contributed by atoms with van der Waals surface area (Å²) in [6, 6.07) is 0. The molecule has 0 aromatic rings. The smallest absolute Gasteiger partial charge is 0.0357 e. The fraction of sp³-hybridized carbons (Fsp3) is 1.00. The van der Waals surface area contributed by atoms with Gasteiger partial charge in [-0.1, -0.05) is 40.5 Å². The van der Waals surface area contributed by atoms with Crippen LogP contribution >= 0.6 is 0 Å². The largest absolute Gasteiger partial charge is 0.0620 e. The SMILES string of the molecule is C[C@H](CC1CC1)C(C)(C)C. The van der Waals surface area contributed by atoms with E-state index in [1.165, 1.54) is 19.3 Å². The van der Waals surface area contributed by atoms with Gasteiger partial charge in [-0.15, -0.1) is 0 Å². The van der Waals surface area contributed by atoms with Crippen LogP contribution in [0.1, 0.15) is 47.0 Å². The normalized spacial score (nSPS) is 22.8. The molecule has 0 saturated heterocycles. The van der Waals surface area contributed by atoms with Gasteiger partial charge in [0, 0.05) is 0 Å². The Hall–Kier alpha value is 0. The van der Waals surface area contributed by atoms with Crippen LogP contribution in [0.2, 0.25) is 0 Å². The van der Waals surface area contributed by atoms with E-state index in [2.05, 4.69) is 27.7 Å². The van der Waals surface area contributed by atoms with Gasteiger partial charge in [-0.05, 0) is 23.7 Å². The van der Waals surface area contributed by atoms with Crippen molar-refractivity contribution < 1.29 is 0 Å². The molecule has 60 valence electrons. The van der Waals surface area contributed by atoms with Crippen LogP contribution in [-0.4, -0.2) is 0 Å². The standard InChI is InChI=1S/C10H20/c1-8(10(2,3)4)7-9-5-6-9/h8-9H,5-7H2,1-4H3/t8-/m1/s1. The predicted octanol–water partition coefficient (Wildman–Crippen LogP) is 3.47. The van der Waals surface area contributed by atoms with Gasteiger partial charge in [0.25, 0.3) is 0 Å². The minimum absolute atomic E-state index is 0.530. The van der Waals surface area contributed by atoms with Crippen molar-refractivity contribution in [1.29, 1.82) is 0 Å². The van der Waals surface area contributed by atoms with Gasteiger partial charge in [-0.25, -0.2) is 0 Å². The van der Waals surface area contributed by atoms with Crippen LogP contribution in [0.25, 0.3) is 0 Å². The highest BCUT2D eigenvalue weighted by molar-refractivity contribution is 4.79. The van der Waals surface area contributed by atoms with Gasteiger partial charge in [-0.2, -0.15) is 0 Å². The Balaban J connectivity index is 2.25. The minimum atomic E-state index is 0.530. The summed E-state index contributed by atoms with van der Waals surface area (Å²) in [7, 11) is 0. The fourth-order valence-corrected chi connectivity index (χ4v) is 1.21. The molecule has 0 radical (unpaired) electrons. The van der Waals surface area contributed by atoms with E-state index < -0.39 is 0 Å². The highest BCUT2D eigenvalue weighted by Crippen LogP contribution is 2.40. The lowest BCUT2D eigenvalue weighted by atomic mass is 9.79. The second-order valence-corrected chi connectivity index (χ2v) is 4.95. The Kier molecular flexibility index (Phi) is 2.07. The van der Waals surface area contributed by atoms with E-state index in [-0.39, 0.29) is 0 Å². The lowest BCUT2D eigenvalue weighted by Gasteiger charge is -2.27. The molecule has 0 aliphatic heterocycles. The molecule has 1 saturated carbocycles. The van der Waals surface area contributed by atoms with Crippen molar-refractivity contribution in [1.82, 2.24) is 0 Å². The second-order valence-electron chi connectivity index (χ2n) is 4.95. The van der Waals surface area contributed by atoms with Gasteiger partial charge in [0.05, 0.1) is 0 Å². The number of rotatable bonds is 2. The van der Waals surface area contributed by atoms with Crippen molar-refractivity contribution in [3.63, 3.8) is 0 Å². The first kappa shape index (κ1) is 8.10. The lowest BCUT2D eigenvalue weighted by molar-refractivity contribution is 0.237. The van der Waals surface area contributed by atoms with E-state index in [1.807, 2.05) is 0 Å². The summed E-state index contributed by atoms with van der Waals surface area (Å²) in [4.78, 5) is 0. The number of hydrogen-bond donors (Lipinski definition) is 0. The summed E-state index contributed by atoms with van der Waals surface area (Å²) in [6.45, 7) is 9.43. The van der Waals surface area contributed by atoms with Crippen LogP contribution < -0.4 is 0 Å². The molecule has 0 amide bonds. The molecular weight excluding hydrogens is 120 g/mol. The summed E-state index contributed by atoms with van der Waals surface area (Å²) in [5, 5.41) is 0. The van der Waals surface area contributed by atoms with Crippen molar-refractivity contribution in [2.45, 2.75) is 47.0 Å². The third-order valence-electron chi connectivity index (χ3n) is 2.86. The molecule has 0 aromatic carbocycles.